The van der Waals surface area contributed by atoms with Gasteiger partial charge in [-0.05, 0) is 25.2 Å². The summed E-state index contributed by atoms with van der Waals surface area (Å²) in [6, 6.07) is 0.968. The SMILES string of the molecule is CN=C(NCCC(=O)NC1CCCC1)NC1CC1C. The van der Waals surface area contributed by atoms with Crippen LogP contribution in [0.15, 0.2) is 4.99 Å². The fourth-order valence-corrected chi connectivity index (χ4v) is 2.56. The van der Waals surface area contributed by atoms with Gasteiger partial charge in [0.05, 0.1) is 0 Å². The molecule has 2 aliphatic rings. The second kappa shape index (κ2) is 6.78. The number of amides is 1. The first-order valence-electron chi connectivity index (χ1n) is 7.45. The third-order valence-corrected chi connectivity index (χ3v) is 4.02. The summed E-state index contributed by atoms with van der Waals surface area (Å²) in [4.78, 5) is 15.9. The molecule has 1 amide bonds. The highest BCUT2D eigenvalue weighted by Crippen LogP contribution is 2.28. The average Bonchev–Trinajstić information content (AvgIpc) is 2.87. The van der Waals surface area contributed by atoms with Crippen LogP contribution in [0.3, 0.4) is 0 Å². The maximum absolute atomic E-state index is 11.7. The monoisotopic (exact) mass is 266 g/mol. The number of hydrogen-bond acceptors (Lipinski definition) is 2. The third kappa shape index (κ3) is 4.73. The van der Waals surface area contributed by atoms with Crippen LogP contribution in [0.5, 0.6) is 0 Å². The van der Waals surface area contributed by atoms with E-state index in [1.807, 2.05) is 0 Å². The average molecular weight is 266 g/mol. The maximum Gasteiger partial charge on any atom is 0.221 e. The lowest BCUT2D eigenvalue weighted by atomic mass is 10.2. The molecule has 2 unspecified atom stereocenters. The summed E-state index contributed by atoms with van der Waals surface area (Å²) < 4.78 is 0. The van der Waals surface area contributed by atoms with Gasteiger partial charge in [-0.15, -0.1) is 0 Å². The van der Waals surface area contributed by atoms with Crippen molar-refractivity contribution in [2.75, 3.05) is 13.6 Å². The van der Waals surface area contributed by atoms with Crippen molar-refractivity contribution in [1.29, 1.82) is 0 Å². The van der Waals surface area contributed by atoms with Crippen LogP contribution in [0.4, 0.5) is 0 Å². The van der Waals surface area contributed by atoms with Gasteiger partial charge >= 0.3 is 0 Å². The number of aliphatic imine (C=N–C) groups is 1. The fourth-order valence-electron chi connectivity index (χ4n) is 2.56. The predicted molar refractivity (Wildman–Crippen MR) is 77.1 cm³/mol. The number of rotatable bonds is 5. The number of nitrogens with zero attached hydrogens (tertiary/aromatic N) is 1. The number of nitrogens with one attached hydrogen (secondary N) is 3. The summed E-state index contributed by atoms with van der Waals surface area (Å²) in [5, 5.41) is 9.63. The van der Waals surface area contributed by atoms with Crippen LogP contribution < -0.4 is 16.0 Å². The lowest BCUT2D eigenvalue weighted by Gasteiger charge is -2.13. The Bertz CT molecular complexity index is 336. The van der Waals surface area contributed by atoms with Crippen molar-refractivity contribution in [1.82, 2.24) is 16.0 Å². The third-order valence-electron chi connectivity index (χ3n) is 4.02. The summed E-state index contributed by atoms with van der Waals surface area (Å²) in [5.74, 6) is 1.70. The number of hydrogen-bond donors (Lipinski definition) is 3. The van der Waals surface area contributed by atoms with Gasteiger partial charge in [0.15, 0.2) is 5.96 Å². The standard InChI is InChI=1S/C14H26N4O/c1-10-9-12(10)18-14(15-2)16-8-7-13(19)17-11-5-3-4-6-11/h10-12H,3-9H2,1-2H3,(H,17,19)(H2,15,16,18). The van der Waals surface area contributed by atoms with Gasteiger partial charge in [-0.3, -0.25) is 9.79 Å². The topological polar surface area (TPSA) is 65.5 Å². The minimum atomic E-state index is 0.148. The van der Waals surface area contributed by atoms with E-state index in [2.05, 4.69) is 27.9 Å². The Morgan fingerprint density at radius 3 is 2.53 bits per heavy atom. The Labute approximate surface area is 115 Å². The lowest BCUT2D eigenvalue weighted by molar-refractivity contribution is -0.121. The zero-order valence-electron chi connectivity index (χ0n) is 12.0. The van der Waals surface area contributed by atoms with Crippen LogP contribution >= 0.6 is 0 Å². The molecule has 3 N–H and O–H groups in total. The Kier molecular flexibility index (Phi) is 5.05. The van der Waals surface area contributed by atoms with E-state index in [1.165, 1.54) is 19.3 Å². The zero-order chi connectivity index (χ0) is 13.7. The van der Waals surface area contributed by atoms with E-state index in [4.69, 9.17) is 0 Å². The molecular weight excluding hydrogens is 240 g/mol. The molecule has 2 fully saturated rings. The summed E-state index contributed by atoms with van der Waals surface area (Å²) in [6.07, 6.45) is 6.50. The molecule has 19 heavy (non-hydrogen) atoms. The van der Waals surface area contributed by atoms with Crippen molar-refractivity contribution in [3.63, 3.8) is 0 Å². The molecule has 0 saturated heterocycles. The maximum atomic E-state index is 11.7. The second-order valence-electron chi connectivity index (χ2n) is 5.76. The highest BCUT2D eigenvalue weighted by molar-refractivity contribution is 5.81. The summed E-state index contributed by atoms with van der Waals surface area (Å²) >= 11 is 0. The van der Waals surface area contributed by atoms with Crippen LogP contribution in [0.1, 0.15) is 45.4 Å². The van der Waals surface area contributed by atoms with E-state index in [0.29, 0.717) is 25.0 Å². The van der Waals surface area contributed by atoms with Crippen molar-refractivity contribution in [2.24, 2.45) is 10.9 Å². The molecule has 0 heterocycles. The number of carbonyl (C=O) groups is 1. The van der Waals surface area contributed by atoms with Crippen LogP contribution in [0.2, 0.25) is 0 Å². The van der Waals surface area contributed by atoms with E-state index in [1.54, 1.807) is 7.05 Å². The van der Waals surface area contributed by atoms with Gasteiger partial charge in [-0.1, -0.05) is 19.8 Å². The Balaban J connectivity index is 1.57. The van der Waals surface area contributed by atoms with E-state index in [-0.39, 0.29) is 5.91 Å². The first-order valence-corrected chi connectivity index (χ1v) is 7.45. The summed E-state index contributed by atoms with van der Waals surface area (Å²) in [5.41, 5.74) is 0. The molecule has 2 aliphatic carbocycles. The van der Waals surface area contributed by atoms with Crippen LogP contribution in [0, 0.1) is 5.92 Å². The molecule has 5 heteroatoms. The van der Waals surface area contributed by atoms with Gasteiger partial charge in [-0.25, -0.2) is 0 Å². The van der Waals surface area contributed by atoms with Crippen molar-refractivity contribution in [3.05, 3.63) is 0 Å². The number of guanidine groups is 1. The Morgan fingerprint density at radius 1 is 1.26 bits per heavy atom. The molecule has 0 aromatic carbocycles. The lowest BCUT2D eigenvalue weighted by Crippen LogP contribution is -2.41. The van der Waals surface area contributed by atoms with E-state index in [0.717, 1.165) is 24.7 Å². The molecule has 0 bridgehead atoms. The van der Waals surface area contributed by atoms with Crippen molar-refractivity contribution in [3.8, 4) is 0 Å². The Morgan fingerprint density at radius 2 is 1.95 bits per heavy atom. The first-order chi connectivity index (χ1) is 9.19. The second-order valence-corrected chi connectivity index (χ2v) is 5.76. The van der Waals surface area contributed by atoms with Gasteiger partial charge in [-0.2, -0.15) is 0 Å². The zero-order valence-corrected chi connectivity index (χ0v) is 12.0. The summed E-state index contributed by atoms with van der Waals surface area (Å²) in [6.45, 7) is 2.86. The number of carbonyl (C=O) groups excluding carboxylic acids is 1. The molecule has 0 aromatic rings. The van der Waals surface area contributed by atoms with Gasteiger partial charge in [0.25, 0.3) is 0 Å². The Hall–Kier alpha value is -1.26. The van der Waals surface area contributed by atoms with Gasteiger partial charge in [0.2, 0.25) is 5.91 Å². The van der Waals surface area contributed by atoms with Crippen molar-refractivity contribution >= 4 is 11.9 Å². The predicted octanol–water partition coefficient (Wildman–Crippen LogP) is 1.01. The molecular formula is C14H26N4O. The highest BCUT2D eigenvalue weighted by atomic mass is 16.1. The molecule has 2 rings (SSSR count). The largest absolute Gasteiger partial charge is 0.356 e. The van der Waals surface area contributed by atoms with Gasteiger partial charge in [0.1, 0.15) is 0 Å². The van der Waals surface area contributed by atoms with E-state index >= 15 is 0 Å². The van der Waals surface area contributed by atoms with Crippen LogP contribution in [0.25, 0.3) is 0 Å². The molecule has 108 valence electrons. The minimum absolute atomic E-state index is 0.148. The van der Waals surface area contributed by atoms with Crippen LogP contribution in [-0.4, -0.2) is 37.5 Å². The molecule has 5 nitrogen and oxygen atoms in total. The van der Waals surface area contributed by atoms with E-state index in [9.17, 15) is 4.79 Å². The van der Waals surface area contributed by atoms with Crippen molar-refractivity contribution in [2.45, 2.75) is 57.5 Å². The van der Waals surface area contributed by atoms with Crippen molar-refractivity contribution < 1.29 is 4.79 Å². The molecule has 0 spiro atoms. The first kappa shape index (κ1) is 14.2. The molecule has 0 aromatic heterocycles. The quantitative estimate of drug-likeness (QED) is 0.514. The molecule has 0 radical (unpaired) electrons. The highest BCUT2D eigenvalue weighted by Gasteiger charge is 2.33. The molecule has 0 aliphatic heterocycles. The minimum Gasteiger partial charge on any atom is -0.356 e. The normalized spacial score (nSPS) is 27.2. The van der Waals surface area contributed by atoms with Crippen LogP contribution in [-0.2, 0) is 4.79 Å². The molecule has 2 saturated carbocycles. The summed E-state index contributed by atoms with van der Waals surface area (Å²) in [7, 11) is 1.76. The van der Waals surface area contributed by atoms with Gasteiger partial charge < -0.3 is 16.0 Å². The fraction of sp³-hybridized carbons (Fsp3) is 0.857. The van der Waals surface area contributed by atoms with Gasteiger partial charge in [0, 0.05) is 32.1 Å². The van der Waals surface area contributed by atoms with E-state index < -0.39 is 0 Å². The molecule has 2 atom stereocenters. The smallest absolute Gasteiger partial charge is 0.221 e.